The molecule has 1 saturated heterocycles. The van der Waals surface area contributed by atoms with Gasteiger partial charge in [-0.15, -0.1) is 0 Å². The van der Waals surface area contributed by atoms with E-state index in [4.69, 9.17) is 0 Å². The second-order valence-electron chi connectivity index (χ2n) is 4.04. The molecule has 0 N–H and O–H groups in total. The highest BCUT2D eigenvalue weighted by Gasteiger charge is 2.26. The fourth-order valence-corrected chi connectivity index (χ4v) is 2.03. The number of hydrogen-bond donors (Lipinski definition) is 0. The molecule has 0 aromatic rings. The maximum Gasteiger partial charge on any atom is 0.134 e. The molecule has 1 heterocycles. The first-order chi connectivity index (χ1) is 5.63. The number of hydrogen-bond acceptors (Lipinski definition) is 2. The molecular weight excluding hydrogens is 150 g/mol. The maximum absolute atomic E-state index is 11.2. The van der Waals surface area contributed by atoms with Crippen LogP contribution in [-0.4, -0.2) is 30.8 Å². The summed E-state index contributed by atoms with van der Waals surface area (Å²) in [6.45, 7) is 6.06. The summed E-state index contributed by atoms with van der Waals surface area (Å²) < 4.78 is 0. The van der Waals surface area contributed by atoms with Crippen LogP contribution in [0.1, 0.15) is 26.7 Å². The Hall–Kier alpha value is -0.370. The number of carbonyl (C=O) groups excluding carboxylic acids is 1. The fourth-order valence-electron chi connectivity index (χ4n) is 2.03. The van der Waals surface area contributed by atoms with Crippen LogP contribution in [0.3, 0.4) is 0 Å². The van der Waals surface area contributed by atoms with Gasteiger partial charge in [-0.1, -0.05) is 13.3 Å². The van der Waals surface area contributed by atoms with E-state index in [9.17, 15) is 4.79 Å². The van der Waals surface area contributed by atoms with Gasteiger partial charge >= 0.3 is 0 Å². The van der Waals surface area contributed by atoms with E-state index in [1.165, 1.54) is 13.0 Å². The van der Waals surface area contributed by atoms with Crippen molar-refractivity contribution in [3.63, 3.8) is 0 Å². The summed E-state index contributed by atoms with van der Waals surface area (Å²) >= 11 is 0. The van der Waals surface area contributed by atoms with Crippen LogP contribution in [0.25, 0.3) is 0 Å². The minimum absolute atomic E-state index is 0.300. The topological polar surface area (TPSA) is 20.3 Å². The lowest BCUT2D eigenvalue weighted by atomic mass is 9.86. The first kappa shape index (κ1) is 9.72. The van der Waals surface area contributed by atoms with E-state index in [1.807, 2.05) is 0 Å². The van der Waals surface area contributed by atoms with Crippen LogP contribution in [0.2, 0.25) is 0 Å². The second kappa shape index (κ2) is 4.04. The molecule has 1 fully saturated rings. The van der Waals surface area contributed by atoms with E-state index in [2.05, 4.69) is 18.9 Å². The lowest BCUT2D eigenvalue weighted by Gasteiger charge is -2.33. The molecule has 1 rings (SSSR count). The van der Waals surface area contributed by atoms with Gasteiger partial charge in [-0.25, -0.2) is 0 Å². The van der Waals surface area contributed by atoms with Crippen LogP contribution in [0, 0.1) is 11.8 Å². The number of piperidine rings is 1. The van der Waals surface area contributed by atoms with Gasteiger partial charge in [0.1, 0.15) is 5.78 Å². The molecule has 2 nitrogen and oxygen atoms in total. The lowest BCUT2D eigenvalue weighted by molar-refractivity contribution is -0.122. The Balaban J connectivity index is 2.51. The predicted octanol–water partition coefficient (Wildman–Crippen LogP) is 1.55. The number of Topliss-reactive ketones (excluding diaryl/α,β-unsaturated/α-hetero) is 1. The molecule has 1 aliphatic rings. The van der Waals surface area contributed by atoms with Crippen LogP contribution in [0.4, 0.5) is 0 Å². The third-order valence-corrected chi connectivity index (χ3v) is 2.87. The average molecular weight is 169 g/mol. The fraction of sp³-hybridized carbons (Fsp3) is 0.900. The molecule has 0 bridgehead atoms. The van der Waals surface area contributed by atoms with Crippen molar-refractivity contribution in [2.75, 3.05) is 20.1 Å². The molecule has 0 aromatic heterocycles. The summed E-state index contributed by atoms with van der Waals surface area (Å²) in [5.74, 6) is 1.39. The van der Waals surface area contributed by atoms with Crippen molar-refractivity contribution in [1.82, 2.24) is 4.90 Å². The molecule has 2 heteroatoms. The Kier molecular flexibility index (Phi) is 3.27. The molecule has 0 saturated carbocycles. The zero-order valence-corrected chi connectivity index (χ0v) is 8.34. The highest BCUT2D eigenvalue weighted by Crippen LogP contribution is 2.23. The van der Waals surface area contributed by atoms with E-state index >= 15 is 0 Å². The highest BCUT2D eigenvalue weighted by molar-refractivity contribution is 5.78. The number of nitrogens with zero attached hydrogens (tertiary/aromatic N) is 1. The average Bonchev–Trinajstić information content (AvgIpc) is 2.03. The molecule has 0 spiro atoms. The Morgan fingerprint density at radius 3 is 2.67 bits per heavy atom. The van der Waals surface area contributed by atoms with E-state index < -0.39 is 0 Å². The summed E-state index contributed by atoms with van der Waals surface area (Å²) in [6.07, 6.45) is 2.31. The zero-order valence-electron chi connectivity index (χ0n) is 8.34. The highest BCUT2D eigenvalue weighted by atomic mass is 16.1. The second-order valence-corrected chi connectivity index (χ2v) is 4.04. The minimum Gasteiger partial charge on any atom is -0.305 e. The van der Waals surface area contributed by atoms with Gasteiger partial charge in [-0.05, 0) is 26.3 Å². The molecule has 2 atom stereocenters. The third-order valence-electron chi connectivity index (χ3n) is 2.87. The molecule has 0 aromatic carbocycles. The van der Waals surface area contributed by atoms with Crippen molar-refractivity contribution in [1.29, 1.82) is 0 Å². The van der Waals surface area contributed by atoms with E-state index in [-0.39, 0.29) is 0 Å². The van der Waals surface area contributed by atoms with Gasteiger partial charge in [-0.2, -0.15) is 0 Å². The molecule has 0 amide bonds. The Morgan fingerprint density at radius 2 is 2.17 bits per heavy atom. The first-order valence-electron chi connectivity index (χ1n) is 4.82. The van der Waals surface area contributed by atoms with Gasteiger partial charge in [0.25, 0.3) is 0 Å². The first-order valence-corrected chi connectivity index (χ1v) is 4.82. The van der Waals surface area contributed by atoms with E-state index in [1.54, 1.807) is 6.92 Å². The van der Waals surface area contributed by atoms with Crippen molar-refractivity contribution >= 4 is 5.78 Å². The van der Waals surface area contributed by atoms with Crippen LogP contribution in [0.15, 0.2) is 0 Å². The third kappa shape index (κ3) is 2.31. The smallest absolute Gasteiger partial charge is 0.134 e. The summed E-state index contributed by atoms with van der Waals surface area (Å²) in [4.78, 5) is 13.5. The van der Waals surface area contributed by atoms with E-state index in [0.717, 1.165) is 18.9 Å². The summed E-state index contributed by atoms with van der Waals surface area (Å²) in [5.41, 5.74) is 0. The van der Waals surface area contributed by atoms with Crippen molar-refractivity contribution < 1.29 is 4.79 Å². The zero-order chi connectivity index (χ0) is 9.14. The number of rotatable bonds is 2. The molecule has 1 aliphatic heterocycles. The SMILES string of the molecule is CCC1CC(C(C)=O)CN(C)C1. The standard InChI is InChI=1S/C10H19NO/c1-4-9-5-10(8(2)12)7-11(3)6-9/h9-10H,4-7H2,1-3H3. The Labute approximate surface area is 74.9 Å². The van der Waals surface area contributed by atoms with Gasteiger partial charge in [0, 0.05) is 19.0 Å². The Bertz CT molecular complexity index is 167. The quantitative estimate of drug-likeness (QED) is 0.625. The van der Waals surface area contributed by atoms with Gasteiger partial charge < -0.3 is 4.90 Å². The van der Waals surface area contributed by atoms with Crippen molar-refractivity contribution in [3.05, 3.63) is 0 Å². The van der Waals surface area contributed by atoms with Crippen LogP contribution >= 0.6 is 0 Å². The van der Waals surface area contributed by atoms with Crippen molar-refractivity contribution in [2.24, 2.45) is 11.8 Å². The van der Waals surface area contributed by atoms with Crippen molar-refractivity contribution in [3.8, 4) is 0 Å². The largest absolute Gasteiger partial charge is 0.305 e. The van der Waals surface area contributed by atoms with Gasteiger partial charge in [0.05, 0.1) is 0 Å². The van der Waals surface area contributed by atoms with Crippen LogP contribution in [-0.2, 0) is 4.79 Å². The minimum atomic E-state index is 0.300. The summed E-state index contributed by atoms with van der Waals surface area (Å²) in [5, 5.41) is 0. The number of ketones is 1. The predicted molar refractivity (Wildman–Crippen MR) is 50.1 cm³/mol. The normalized spacial score (nSPS) is 31.9. The Morgan fingerprint density at radius 1 is 1.50 bits per heavy atom. The van der Waals surface area contributed by atoms with Crippen molar-refractivity contribution in [2.45, 2.75) is 26.7 Å². The monoisotopic (exact) mass is 169 g/mol. The number of carbonyl (C=O) groups is 1. The van der Waals surface area contributed by atoms with Crippen LogP contribution in [0.5, 0.6) is 0 Å². The van der Waals surface area contributed by atoms with Gasteiger partial charge in [0.15, 0.2) is 0 Å². The molecule has 2 unspecified atom stereocenters. The van der Waals surface area contributed by atoms with Gasteiger partial charge in [-0.3, -0.25) is 4.79 Å². The summed E-state index contributed by atoms with van der Waals surface area (Å²) in [6, 6.07) is 0. The summed E-state index contributed by atoms with van der Waals surface area (Å²) in [7, 11) is 2.11. The number of likely N-dealkylation sites (tertiary alicyclic amines) is 1. The molecule has 0 aliphatic carbocycles. The lowest BCUT2D eigenvalue weighted by Crippen LogP contribution is -2.40. The molecule has 12 heavy (non-hydrogen) atoms. The molecular formula is C10H19NO. The van der Waals surface area contributed by atoms with Crippen LogP contribution < -0.4 is 0 Å². The maximum atomic E-state index is 11.2. The van der Waals surface area contributed by atoms with Gasteiger partial charge in [0.2, 0.25) is 0 Å². The van der Waals surface area contributed by atoms with E-state index in [0.29, 0.717) is 11.7 Å². The molecule has 70 valence electrons. The molecule has 0 radical (unpaired) electrons.